The van der Waals surface area contributed by atoms with E-state index in [-0.39, 0.29) is 24.4 Å². The molecule has 2 aliphatic heterocycles. The molecule has 0 aliphatic carbocycles. The Morgan fingerprint density at radius 3 is 2.74 bits per heavy atom. The highest BCUT2D eigenvalue weighted by Gasteiger charge is 2.26. The van der Waals surface area contributed by atoms with Gasteiger partial charge in [0.25, 0.3) is 0 Å². The van der Waals surface area contributed by atoms with Gasteiger partial charge in [-0.25, -0.2) is 4.98 Å². The van der Waals surface area contributed by atoms with Crippen LogP contribution in [0.5, 0.6) is 17.5 Å². The Labute approximate surface area is 225 Å². The van der Waals surface area contributed by atoms with Gasteiger partial charge in [-0.3, -0.25) is 9.29 Å². The number of thioether (sulfide) groups is 1. The van der Waals surface area contributed by atoms with E-state index in [1.807, 2.05) is 25.1 Å². The van der Waals surface area contributed by atoms with E-state index in [0.29, 0.717) is 30.9 Å². The van der Waals surface area contributed by atoms with Crippen LogP contribution in [-0.4, -0.2) is 64.7 Å². The molecule has 1 N–H and O–H groups in total. The summed E-state index contributed by atoms with van der Waals surface area (Å²) in [5.41, 5.74) is 3.83. The van der Waals surface area contributed by atoms with Gasteiger partial charge in [-0.05, 0) is 73.2 Å². The van der Waals surface area contributed by atoms with E-state index < -0.39 is 5.95 Å². The predicted molar refractivity (Wildman–Crippen MR) is 145 cm³/mol. The molecule has 1 atom stereocenters. The number of phenolic OH excluding ortho intramolecular Hbond substituents is 1. The minimum absolute atomic E-state index is 0.0183. The number of halogens is 2. The Kier molecular flexibility index (Phi) is 8.44. The first-order chi connectivity index (χ1) is 18.6. The summed E-state index contributed by atoms with van der Waals surface area (Å²) in [5, 5.41) is 10.1. The molecule has 0 radical (unpaired) electrons. The Bertz CT molecular complexity index is 1300. The molecule has 38 heavy (non-hydrogen) atoms. The van der Waals surface area contributed by atoms with Gasteiger partial charge in [-0.2, -0.15) is 9.37 Å². The van der Waals surface area contributed by atoms with Gasteiger partial charge in [0, 0.05) is 59.7 Å². The Morgan fingerprint density at radius 2 is 1.97 bits per heavy atom. The molecule has 5 rings (SSSR count). The molecule has 1 saturated heterocycles. The molecule has 2 aliphatic rings. The zero-order valence-corrected chi connectivity index (χ0v) is 22.1. The number of pyridine rings is 2. The number of ether oxygens (including phenoxy) is 2. The summed E-state index contributed by atoms with van der Waals surface area (Å²) < 4.78 is 39.3. The topological polar surface area (TPSA) is 67.7 Å². The largest absolute Gasteiger partial charge is 0.508 e. The van der Waals surface area contributed by atoms with Gasteiger partial charge in [0.15, 0.2) is 0 Å². The van der Waals surface area contributed by atoms with Crippen molar-refractivity contribution in [1.82, 2.24) is 14.9 Å². The van der Waals surface area contributed by atoms with Crippen LogP contribution in [0, 0.1) is 5.95 Å². The van der Waals surface area contributed by atoms with Crippen molar-refractivity contribution in [2.24, 2.45) is 0 Å². The highest BCUT2D eigenvalue weighted by molar-refractivity contribution is 7.99. The van der Waals surface area contributed by atoms with Crippen LogP contribution < -0.4 is 9.47 Å². The summed E-state index contributed by atoms with van der Waals surface area (Å²) >= 11 is 1.63. The van der Waals surface area contributed by atoms with Gasteiger partial charge >= 0.3 is 0 Å². The number of aromatic hydroxyl groups is 1. The first-order valence-corrected chi connectivity index (χ1v) is 13.9. The molecule has 3 aromatic rings. The molecule has 1 fully saturated rings. The minimum Gasteiger partial charge on any atom is -0.508 e. The van der Waals surface area contributed by atoms with Crippen molar-refractivity contribution < 1.29 is 23.4 Å². The van der Waals surface area contributed by atoms with Crippen LogP contribution >= 0.6 is 11.8 Å². The van der Waals surface area contributed by atoms with Gasteiger partial charge in [-0.15, -0.1) is 11.8 Å². The summed E-state index contributed by atoms with van der Waals surface area (Å²) in [5.74, 6) is 1.10. The molecule has 9 heteroatoms. The fourth-order valence-electron chi connectivity index (χ4n) is 5.01. The molecular weight excluding hydrogens is 508 g/mol. The van der Waals surface area contributed by atoms with E-state index in [0.717, 1.165) is 59.0 Å². The van der Waals surface area contributed by atoms with Crippen LogP contribution in [-0.2, 0) is 0 Å². The first-order valence-electron chi connectivity index (χ1n) is 13.0. The zero-order chi connectivity index (χ0) is 26.5. The normalized spacial score (nSPS) is 17.8. The standard InChI is InChI=1S/C29H31F2N3O3S/c1-2-36-27-9-7-23(29(31)33-27)22-11-15-38-25-16-20(35)5-6-24(25)28(22)19-4-8-26(32-17-19)37-21-10-14-34(18-21)13-3-12-30/h4-9,16-17,21,35H,2-3,10-15,18H2,1H3/t21-/m0/s1. The summed E-state index contributed by atoms with van der Waals surface area (Å²) in [4.78, 5) is 11.8. The second-order valence-electron chi connectivity index (χ2n) is 9.31. The number of rotatable bonds is 9. The van der Waals surface area contributed by atoms with Crippen molar-refractivity contribution in [2.45, 2.75) is 37.2 Å². The lowest BCUT2D eigenvalue weighted by Gasteiger charge is -2.18. The number of hydrogen-bond donors (Lipinski definition) is 1. The molecule has 2 aromatic heterocycles. The third kappa shape index (κ3) is 5.94. The molecule has 4 heterocycles. The van der Waals surface area contributed by atoms with Gasteiger partial charge in [0.2, 0.25) is 17.7 Å². The fourth-order valence-corrected chi connectivity index (χ4v) is 6.06. The molecule has 200 valence electrons. The molecule has 0 spiro atoms. The summed E-state index contributed by atoms with van der Waals surface area (Å²) in [6.45, 7) is 4.33. The number of nitrogens with zero attached hydrogens (tertiary/aromatic N) is 3. The number of allylic oxidation sites excluding steroid dienone is 1. The second kappa shape index (κ2) is 12.1. The number of benzene rings is 1. The third-order valence-corrected chi connectivity index (χ3v) is 7.79. The van der Waals surface area contributed by atoms with Crippen molar-refractivity contribution >= 4 is 22.9 Å². The molecular formula is C29H31F2N3O3S. The van der Waals surface area contributed by atoms with Crippen molar-refractivity contribution in [1.29, 1.82) is 0 Å². The van der Waals surface area contributed by atoms with E-state index in [4.69, 9.17) is 9.47 Å². The van der Waals surface area contributed by atoms with E-state index in [2.05, 4.69) is 14.9 Å². The van der Waals surface area contributed by atoms with Crippen molar-refractivity contribution in [3.63, 3.8) is 0 Å². The fraction of sp³-hybridized carbons (Fsp3) is 0.379. The summed E-state index contributed by atoms with van der Waals surface area (Å²) in [6.07, 6.45) is 3.80. The molecule has 1 aromatic carbocycles. The van der Waals surface area contributed by atoms with Crippen LogP contribution in [0.25, 0.3) is 11.1 Å². The lowest BCUT2D eigenvalue weighted by molar-refractivity contribution is 0.191. The zero-order valence-electron chi connectivity index (χ0n) is 21.3. The van der Waals surface area contributed by atoms with E-state index in [1.54, 1.807) is 42.2 Å². The molecule has 0 saturated carbocycles. The van der Waals surface area contributed by atoms with Crippen LogP contribution in [0.1, 0.15) is 42.9 Å². The quantitative estimate of drug-likeness (QED) is 0.335. The van der Waals surface area contributed by atoms with E-state index >= 15 is 4.39 Å². The van der Waals surface area contributed by atoms with Crippen LogP contribution in [0.15, 0.2) is 53.6 Å². The highest BCUT2D eigenvalue weighted by Crippen LogP contribution is 2.44. The third-order valence-electron chi connectivity index (χ3n) is 6.74. The number of phenols is 1. The summed E-state index contributed by atoms with van der Waals surface area (Å²) in [6, 6.07) is 12.5. The Hall–Kier alpha value is -3.17. The van der Waals surface area contributed by atoms with Crippen LogP contribution in [0.2, 0.25) is 0 Å². The number of hydrogen-bond acceptors (Lipinski definition) is 7. The van der Waals surface area contributed by atoms with E-state index in [1.165, 1.54) is 0 Å². The Morgan fingerprint density at radius 1 is 1.13 bits per heavy atom. The maximum absolute atomic E-state index is 15.3. The van der Waals surface area contributed by atoms with Gasteiger partial charge in [0.1, 0.15) is 11.9 Å². The van der Waals surface area contributed by atoms with E-state index in [9.17, 15) is 9.50 Å². The maximum atomic E-state index is 15.3. The predicted octanol–water partition coefficient (Wildman–Crippen LogP) is 5.99. The van der Waals surface area contributed by atoms with Crippen molar-refractivity contribution in [2.75, 3.05) is 38.7 Å². The number of alkyl halides is 1. The average Bonchev–Trinajstić information content (AvgIpc) is 3.27. The van der Waals surface area contributed by atoms with Gasteiger partial charge in [-0.1, -0.05) is 0 Å². The highest BCUT2D eigenvalue weighted by atomic mass is 32.2. The number of fused-ring (bicyclic) bond motifs is 1. The average molecular weight is 540 g/mol. The molecule has 6 nitrogen and oxygen atoms in total. The van der Waals surface area contributed by atoms with Crippen molar-refractivity contribution in [3.8, 4) is 17.5 Å². The molecule has 0 unspecified atom stereocenters. The lowest BCUT2D eigenvalue weighted by atomic mass is 9.89. The second-order valence-corrected chi connectivity index (χ2v) is 10.4. The molecule has 0 bridgehead atoms. The maximum Gasteiger partial charge on any atom is 0.223 e. The van der Waals surface area contributed by atoms with Crippen LogP contribution in [0.3, 0.4) is 0 Å². The summed E-state index contributed by atoms with van der Waals surface area (Å²) in [7, 11) is 0. The smallest absolute Gasteiger partial charge is 0.223 e. The monoisotopic (exact) mass is 539 g/mol. The SMILES string of the molecule is CCOc1ccc(C2=C(c3ccc(O[C@H]4CCN(CCCF)C4)nc3)c3ccc(O)cc3SCC2)c(F)n1. The van der Waals surface area contributed by atoms with Gasteiger partial charge < -0.3 is 14.6 Å². The minimum atomic E-state index is -0.581. The van der Waals surface area contributed by atoms with Crippen molar-refractivity contribution in [3.05, 3.63) is 71.3 Å². The van der Waals surface area contributed by atoms with Crippen LogP contribution in [0.4, 0.5) is 8.78 Å². The number of aromatic nitrogens is 2. The first kappa shape index (κ1) is 26.4. The van der Waals surface area contributed by atoms with Gasteiger partial charge in [0.05, 0.1) is 13.3 Å². The lowest BCUT2D eigenvalue weighted by Crippen LogP contribution is -2.26. The molecule has 0 amide bonds. The number of likely N-dealkylation sites (tertiary alicyclic amines) is 1. The Balaban J connectivity index is 1.49.